The monoisotopic (exact) mass is 383 g/mol. The number of hydrogen-bond donors (Lipinski definition) is 1. The molecule has 0 bridgehead atoms. The van der Waals surface area contributed by atoms with Crippen LogP contribution in [0.4, 0.5) is 5.69 Å². The number of carbonyl (C=O) groups is 3. The molecule has 2 aromatic rings. The first-order valence-electron chi connectivity index (χ1n) is 8.83. The number of Topliss-reactive ketones (excluding diaryl/α,β-unsaturated/α-hetero) is 1. The number of ether oxygens (including phenoxy) is 2. The molecule has 7 heteroatoms. The van der Waals surface area contributed by atoms with Crippen LogP contribution >= 0.6 is 0 Å². The fraction of sp³-hybridized carbons (Fsp3) is 0.286. The maximum atomic E-state index is 12.3. The number of phenolic OH excluding ortho intramolecular Hbond substituents is 1. The van der Waals surface area contributed by atoms with Gasteiger partial charge in [0.05, 0.1) is 18.6 Å². The first-order chi connectivity index (χ1) is 13.4. The van der Waals surface area contributed by atoms with Gasteiger partial charge in [0.25, 0.3) is 0 Å². The van der Waals surface area contributed by atoms with Crippen molar-refractivity contribution >= 4 is 23.3 Å². The highest BCUT2D eigenvalue weighted by Crippen LogP contribution is 2.28. The van der Waals surface area contributed by atoms with Crippen molar-refractivity contribution in [3.8, 4) is 11.5 Å². The summed E-state index contributed by atoms with van der Waals surface area (Å²) in [6, 6.07) is 11.8. The molecule has 7 nitrogen and oxygen atoms in total. The number of aromatic hydroxyl groups is 1. The molecule has 0 spiro atoms. The van der Waals surface area contributed by atoms with Gasteiger partial charge < -0.3 is 19.5 Å². The van der Waals surface area contributed by atoms with Gasteiger partial charge in [0.2, 0.25) is 5.91 Å². The molecule has 1 unspecified atom stereocenters. The van der Waals surface area contributed by atoms with Gasteiger partial charge in [-0.05, 0) is 36.8 Å². The zero-order chi connectivity index (χ0) is 20.3. The van der Waals surface area contributed by atoms with Gasteiger partial charge in [0.1, 0.15) is 18.1 Å². The van der Waals surface area contributed by atoms with Crippen LogP contribution in [0.2, 0.25) is 0 Å². The molecule has 3 rings (SSSR count). The average molecular weight is 383 g/mol. The predicted molar refractivity (Wildman–Crippen MR) is 101 cm³/mol. The van der Waals surface area contributed by atoms with Crippen LogP contribution in [0.15, 0.2) is 42.5 Å². The summed E-state index contributed by atoms with van der Waals surface area (Å²) < 4.78 is 10.4. The van der Waals surface area contributed by atoms with E-state index in [9.17, 15) is 19.5 Å². The highest BCUT2D eigenvalue weighted by molar-refractivity contribution is 5.99. The summed E-state index contributed by atoms with van der Waals surface area (Å²) in [5, 5.41) is 9.88. The number of hydrogen-bond acceptors (Lipinski definition) is 6. The van der Waals surface area contributed by atoms with Gasteiger partial charge in [-0.3, -0.25) is 14.4 Å². The average Bonchev–Trinajstić information content (AvgIpc) is 3.07. The van der Waals surface area contributed by atoms with Gasteiger partial charge in [0.15, 0.2) is 5.78 Å². The zero-order valence-corrected chi connectivity index (χ0v) is 15.7. The van der Waals surface area contributed by atoms with Crippen LogP contribution in [0.3, 0.4) is 0 Å². The Balaban J connectivity index is 1.69. The van der Waals surface area contributed by atoms with E-state index in [4.69, 9.17) is 9.47 Å². The van der Waals surface area contributed by atoms with E-state index >= 15 is 0 Å². The van der Waals surface area contributed by atoms with E-state index in [2.05, 4.69) is 0 Å². The molecule has 0 radical (unpaired) electrons. The quantitative estimate of drug-likeness (QED) is 0.609. The molecular formula is C21H21NO6. The lowest BCUT2D eigenvalue weighted by atomic mass is 10.1. The number of amides is 1. The first kappa shape index (κ1) is 19.4. The molecule has 1 atom stereocenters. The van der Waals surface area contributed by atoms with E-state index in [0.29, 0.717) is 11.4 Å². The smallest absolute Gasteiger partial charge is 0.311 e. The third kappa shape index (κ3) is 4.14. The molecule has 28 heavy (non-hydrogen) atoms. The maximum absolute atomic E-state index is 12.3. The number of esters is 1. The van der Waals surface area contributed by atoms with Crippen molar-refractivity contribution in [2.75, 3.05) is 18.6 Å². The molecule has 1 aliphatic heterocycles. The van der Waals surface area contributed by atoms with Crippen LogP contribution in [0.5, 0.6) is 11.5 Å². The highest BCUT2D eigenvalue weighted by Gasteiger charge is 2.35. The van der Waals surface area contributed by atoms with Crippen LogP contribution in [0.1, 0.15) is 29.3 Å². The molecule has 0 aliphatic carbocycles. The minimum absolute atomic E-state index is 0.127. The molecule has 1 aliphatic rings. The van der Waals surface area contributed by atoms with Crippen molar-refractivity contribution in [1.82, 2.24) is 0 Å². The number of benzene rings is 2. The first-order valence-corrected chi connectivity index (χ1v) is 8.83. The van der Waals surface area contributed by atoms with E-state index in [-0.39, 0.29) is 48.5 Å². The maximum Gasteiger partial charge on any atom is 0.311 e. The number of anilines is 1. The van der Waals surface area contributed by atoms with Crippen LogP contribution in [-0.2, 0) is 20.9 Å². The second-order valence-corrected chi connectivity index (χ2v) is 6.62. The molecule has 0 aromatic heterocycles. The largest absolute Gasteiger partial charge is 0.507 e. The summed E-state index contributed by atoms with van der Waals surface area (Å²) in [7, 11) is 1.31. The standard InChI is InChI=1S/C21H21NO6/c1-13(23)18-7-6-17(10-19(18)24)28-12-14-4-3-5-16(8-14)22-11-15(9-20(22)25)21(26)27-2/h3-8,10,15,24H,9,11-12H2,1-2H3. The summed E-state index contributed by atoms with van der Waals surface area (Å²) in [4.78, 5) is 36.9. The summed E-state index contributed by atoms with van der Waals surface area (Å²) in [6.07, 6.45) is 0.134. The lowest BCUT2D eigenvalue weighted by molar-refractivity contribution is -0.145. The van der Waals surface area contributed by atoms with Crippen molar-refractivity contribution in [2.24, 2.45) is 5.92 Å². The summed E-state index contributed by atoms with van der Waals surface area (Å²) in [5.74, 6) is -0.897. The molecular weight excluding hydrogens is 362 g/mol. The van der Waals surface area contributed by atoms with Gasteiger partial charge in [-0.1, -0.05) is 12.1 Å². The third-order valence-corrected chi connectivity index (χ3v) is 4.64. The third-order valence-electron chi connectivity index (χ3n) is 4.64. The molecule has 0 saturated carbocycles. The zero-order valence-electron chi connectivity index (χ0n) is 15.7. The highest BCUT2D eigenvalue weighted by atomic mass is 16.5. The Bertz CT molecular complexity index is 923. The number of rotatable bonds is 6. The lowest BCUT2D eigenvalue weighted by Gasteiger charge is -2.17. The van der Waals surface area contributed by atoms with E-state index in [1.54, 1.807) is 17.0 Å². The summed E-state index contributed by atoms with van der Waals surface area (Å²) in [5.41, 5.74) is 1.75. The lowest BCUT2D eigenvalue weighted by Crippen LogP contribution is -2.26. The number of methoxy groups -OCH3 is 1. The van der Waals surface area contributed by atoms with E-state index in [1.165, 1.54) is 26.2 Å². The molecule has 2 aromatic carbocycles. The van der Waals surface area contributed by atoms with E-state index < -0.39 is 5.92 Å². The predicted octanol–water partition coefficient (Wildman–Crippen LogP) is 2.70. The SMILES string of the molecule is COC(=O)C1CC(=O)N(c2cccc(COc3ccc(C(C)=O)c(O)c3)c2)C1. The van der Waals surface area contributed by atoms with Gasteiger partial charge >= 0.3 is 5.97 Å². The topological polar surface area (TPSA) is 93.1 Å². The van der Waals surface area contributed by atoms with Crippen molar-refractivity contribution < 1.29 is 29.0 Å². The Morgan fingerprint density at radius 3 is 2.68 bits per heavy atom. The van der Waals surface area contributed by atoms with Gasteiger partial charge in [-0.25, -0.2) is 0 Å². The second-order valence-electron chi connectivity index (χ2n) is 6.62. The van der Waals surface area contributed by atoms with Crippen molar-refractivity contribution in [2.45, 2.75) is 20.0 Å². The minimum atomic E-state index is -0.458. The second kappa shape index (κ2) is 8.12. The van der Waals surface area contributed by atoms with Crippen molar-refractivity contribution in [3.63, 3.8) is 0 Å². The number of carbonyl (C=O) groups excluding carboxylic acids is 3. The van der Waals surface area contributed by atoms with Crippen LogP contribution in [0.25, 0.3) is 0 Å². The fourth-order valence-electron chi connectivity index (χ4n) is 3.16. The Morgan fingerprint density at radius 1 is 1.21 bits per heavy atom. The number of nitrogens with zero attached hydrogens (tertiary/aromatic N) is 1. The number of phenols is 1. The Hall–Kier alpha value is -3.35. The number of ketones is 1. The summed E-state index contributed by atoms with van der Waals surface area (Å²) >= 11 is 0. The fourth-order valence-corrected chi connectivity index (χ4v) is 3.16. The Kier molecular flexibility index (Phi) is 5.63. The van der Waals surface area contributed by atoms with Crippen LogP contribution in [0, 0.1) is 5.92 Å². The molecule has 1 heterocycles. The molecule has 146 valence electrons. The molecule has 1 saturated heterocycles. The van der Waals surface area contributed by atoms with E-state index in [0.717, 1.165) is 5.56 Å². The normalized spacial score (nSPS) is 16.1. The van der Waals surface area contributed by atoms with Gasteiger partial charge in [0, 0.05) is 24.7 Å². The Labute approximate surface area is 162 Å². The minimum Gasteiger partial charge on any atom is -0.507 e. The van der Waals surface area contributed by atoms with Gasteiger partial charge in [-0.15, -0.1) is 0 Å². The summed E-state index contributed by atoms with van der Waals surface area (Å²) in [6.45, 7) is 1.89. The van der Waals surface area contributed by atoms with Crippen molar-refractivity contribution in [1.29, 1.82) is 0 Å². The molecule has 1 amide bonds. The van der Waals surface area contributed by atoms with E-state index in [1.807, 2.05) is 18.2 Å². The molecule has 1 fully saturated rings. The van der Waals surface area contributed by atoms with Crippen LogP contribution in [-0.4, -0.2) is 36.4 Å². The van der Waals surface area contributed by atoms with Crippen molar-refractivity contribution in [3.05, 3.63) is 53.6 Å². The van der Waals surface area contributed by atoms with Gasteiger partial charge in [-0.2, -0.15) is 0 Å². The van der Waals surface area contributed by atoms with Crippen LogP contribution < -0.4 is 9.64 Å². The Morgan fingerprint density at radius 2 is 2.00 bits per heavy atom. The molecule has 1 N–H and O–H groups in total.